The SMILES string of the molecule is COc1c(F)c(F)c(S(=O)(=O)N2CCN(C(=O)C(C)C)CC2)c(F)c1F. The molecular formula is C15H18F4N2O4S. The highest BCUT2D eigenvalue weighted by molar-refractivity contribution is 7.89. The van der Waals surface area contributed by atoms with E-state index < -0.39 is 43.9 Å². The van der Waals surface area contributed by atoms with E-state index in [1.54, 1.807) is 13.8 Å². The zero-order valence-corrected chi connectivity index (χ0v) is 15.2. The summed E-state index contributed by atoms with van der Waals surface area (Å²) < 4.78 is 85.8. The quantitative estimate of drug-likeness (QED) is 0.573. The van der Waals surface area contributed by atoms with Crippen LogP contribution in [0.4, 0.5) is 17.6 Å². The second-order valence-electron chi connectivity index (χ2n) is 6.00. The second kappa shape index (κ2) is 7.39. The second-order valence-corrected chi connectivity index (χ2v) is 7.88. The number of hydrogen-bond donors (Lipinski definition) is 0. The molecule has 1 saturated heterocycles. The summed E-state index contributed by atoms with van der Waals surface area (Å²) in [4.78, 5) is 11.6. The Morgan fingerprint density at radius 2 is 1.42 bits per heavy atom. The molecule has 0 aliphatic carbocycles. The van der Waals surface area contributed by atoms with Crippen LogP contribution >= 0.6 is 0 Å². The average Bonchev–Trinajstić information content (AvgIpc) is 2.60. The van der Waals surface area contributed by atoms with Crippen LogP contribution in [0.1, 0.15) is 13.8 Å². The Balaban J connectivity index is 2.37. The number of nitrogens with zero attached hydrogens (tertiary/aromatic N) is 2. The molecule has 0 unspecified atom stereocenters. The van der Waals surface area contributed by atoms with E-state index in [1.165, 1.54) is 4.90 Å². The van der Waals surface area contributed by atoms with Crippen LogP contribution in [0.3, 0.4) is 0 Å². The summed E-state index contributed by atoms with van der Waals surface area (Å²) in [7, 11) is -4.06. The van der Waals surface area contributed by atoms with Crippen LogP contribution in [0, 0.1) is 29.2 Å². The summed E-state index contributed by atoms with van der Waals surface area (Å²) in [6.45, 7) is 2.85. The Morgan fingerprint density at radius 1 is 0.962 bits per heavy atom. The molecule has 1 aliphatic heterocycles. The number of piperazine rings is 1. The fraction of sp³-hybridized carbons (Fsp3) is 0.533. The lowest BCUT2D eigenvalue weighted by atomic mass is 10.2. The Morgan fingerprint density at radius 3 is 1.81 bits per heavy atom. The third kappa shape index (κ3) is 3.37. The van der Waals surface area contributed by atoms with E-state index in [0.717, 1.165) is 7.11 Å². The van der Waals surface area contributed by atoms with E-state index in [4.69, 9.17) is 0 Å². The predicted molar refractivity (Wildman–Crippen MR) is 83.0 cm³/mol. The number of benzene rings is 1. The Labute approximate surface area is 148 Å². The summed E-state index contributed by atoms with van der Waals surface area (Å²) in [5.74, 6) is -9.80. The molecule has 146 valence electrons. The van der Waals surface area contributed by atoms with Gasteiger partial charge in [-0.05, 0) is 0 Å². The lowest BCUT2D eigenvalue weighted by Gasteiger charge is -2.35. The van der Waals surface area contributed by atoms with Crippen molar-refractivity contribution in [2.45, 2.75) is 18.7 Å². The zero-order chi connectivity index (χ0) is 19.8. The number of methoxy groups -OCH3 is 1. The summed E-state index contributed by atoms with van der Waals surface area (Å²) in [5, 5.41) is 0. The number of halogens is 4. The first-order valence-corrected chi connectivity index (χ1v) is 9.16. The number of carbonyl (C=O) groups excluding carboxylic acids is 1. The third-order valence-corrected chi connectivity index (χ3v) is 5.95. The first-order valence-electron chi connectivity index (χ1n) is 7.72. The molecule has 6 nitrogen and oxygen atoms in total. The standard InChI is InChI=1S/C15H18F4N2O4S/c1-8(2)15(22)20-4-6-21(7-5-20)26(23,24)14-11(18)9(16)13(25-3)10(17)12(14)19/h8H,4-7H2,1-3H3. The van der Waals surface area contributed by atoms with Gasteiger partial charge in [0.1, 0.15) is 0 Å². The number of sulfonamides is 1. The summed E-state index contributed by atoms with van der Waals surface area (Å²) in [6, 6.07) is 0. The van der Waals surface area contributed by atoms with E-state index in [0.29, 0.717) is 4.31 Å². The minimum Gasteiger partial charge on any atom is -0.491 e. The molecule has 1 aromatic rings. The minimum atomic E-state index is -4.85. The van der Waals surface area contributed by atoms with Crippen molar-refractivity contribution in [1.82, 2.24) is 9.21 Å². The molecule has 0 aromatic heterocycles. The van der Waals surface area contributed by atoms with Crippen LogP contribution in [0.5, 0.6) is 5.75 Å². The van der Waals surface area contributed by atoms with Crippen molar-refractivity contribution in [2.75, 3.05) is 33.3 Å². The molecule has 26 heavy (non-hydrogen) atoms. The van der Waals surface area contributed by atoms with Crippen molar-refractivity contribution in [1.29, 1.82) is 0 Å². The molecule has 1 aromatic carbocycles. The van der Waals surface area contributed by atoms with Crippen molar-refractivity contribution >= 4 is 15.9 Å². The van der Waals surface area contributed by atoms with E-state index in [9.17, 15) is 30.8 Å². The molecule has 0 bridgehead atoms. The number of ether oxygens (including phenoxy) is 1. The third-order valence-electron chi connectivity index (χ3n) is 4.03. The van der Waals surface area contributed by atoms with Gasteiger partial charge in [0.2, 0.25) is 27.6 Å². The molecule has 1 amide bonds. The van der Waals surface area contributed by atoms with Crippen molar-refractivity contribution in [3.05, 3.63) is 23.3 Å². The minimum absolute atomic E-state index is 0.000596. The smallest absolute Gasteiger partial charge is 0.249 e. The van der Waals surface area contributed by atoms with Crippen LogP contribution in [0.15, 0.2) is 4.90 Å². The lowest BCUT2D eigenvalue weighted by Crippen LogP contribution is -2.51. The maximum Gasteiger partial charge on any atom is 0.249 e. The first kappa shape index (κ1) is 20.4. The first-order chi connectivity index (χ1) is 12.0. The maximum atomic E-state index is 14.1. The predicted octanol–water partition coefficient (Wildman–Crippen LogP) is 1.74. The average molecular weight is 398 g/mol. The van der Waals surface area contributed by atoms with Crippen molar-refractivity contribution in [2.24, 2.45) is 5.92 Å². The molecule has 0 spiro atoms. The lowest BCUT2D eigenvalue weighted by molar-refractivity contribution is -0.135. The molecule has 0 N–H and O–H groups in total. The molecule has 11 heteroatoms. The zero-order valence-electron chi connectivity index (χ0n) is 14.4. The molecule has 0 atom stereocenters. The molecular weight excluding hydrogens is 380 g/mol. The molecule has 0 radical (unpaired) electrons. The summed E-state index contributed by atoms with van der Waals surface area (Å²) in [5.41, 5.74) is 0. The van der Waals surface area contributed by atoms with Gasteiger partial charge in [-0.2, -0.15) is 13.1 Å². The van der Waals surface area contributed by atoms with E-state index in [-0.39, 0.29) is 38.0 Å². The van der Waals surface area contributed by atoms with Crippen molar-refractivity contribution in [3.8, 4) is 5.75 Å². The van der Waals surface area contributed by atoms with Gasteiger partial charge in [0.05, 0.1) is 7.11 Å². The number of amides is 1. The van der Waals surface area contributed by atoms with Gasteiger partial charge in [-0.3, -0.25) is 4.79 Å². The highest BCUT2D eigenvalue weighted by Crippen LogP contribution is 2.33. The fourth-order valence-corrected chi connectivity index (χ4v) is 4.17. The van der Waals surface area contributed by atoms with Gasteiger partial charge in [0.15, 0.2) is 22.3 Å². The molecule has 2 rings (SSSR count). The topological polar surface area (TPSA) is 66.9 Å². The normalized spacial score (nSPS) is 16.2. The number of rotatable bonds is 4. The van der Waals surface area contributed by atoms with Crippen LogP contribution < -0.4 is 4.74 Å². The van der Waals surface area contributed by atoms with Gasteiger partial charge in [0, 0.05) is 32.1 Å². The van der Waals surface area contributed by atoms with E-state index in [2.05, 4.69) is 4.74 Å². The molecule has 1 aliphatic rings. The highest BCUT2D eigenvalue weighted by Gasteiger charge is 2.39. The maximum absolute atomic E-state index is 14.1. The van der Waals surface area contributed by atoms with Gasteiger partial charge < -0.3 is 9.64 Å². The van der Waals surface area contributed by atoms with Crippen LogP contribution in [0.25, 0.3) is 0 Å². The summed E-state index contributed by atoms with van der Waals surface area (Å²) >= 11 is 0. The van der Waals surface area contributed by atoms with Crippen LogP contribution in [-0.2, 0) is 14.8 Å². The van der Waals surface area contributed by atoms with E-state index >= 15 is 0 Å². The van der Waals surface area contributed by atoms with Gasteiger partial charge >= 0.3 is 0 Å². The Hall–Kier alpha value is -1.88. The van der Waals surface area contributed by atoms with Gasteiger partial charge in [-0.1, -0.05) is 13.8 Å². The Bertz CT molecular complexity index is 792. The molecule has 0 saturated carbocycles. The van der Waals surface area contributed by atoms with E-state index in [1.807, 2.05) is 0 Å². The number of hydrogen-bond acceptors (Lipinski definition) is 4. The van der Waals surface area contributed by atoms with Crippen LogP contribution in [-0.4, -0.2) is 56.8 Å². The molecule has 1 heterocycles. The monoisotopic (exact) mass is 398 g/mol. The van der Waals surface area contributed by atoms with Crippen LogP contribution in [0.2, 0.25) is 0 Å². The fourth-order valence-electron chi connectivity index (χ4n) is 2.64. The van der Waals surface area contributed by atoms with Crippen molar-refractivity contribution < 1.29 is 35.5 Å². The van der Waals surface area contributed by atoms with Gasteiger partial charge in [0.25, 0.3) is 0 Å². The largest absolute Gasteiger partial charge is 0.491 e. The van der Waals surface area contributed by atoms with Crippen molar-refractivity contribution in [3.63, 3.8) is 0 Å². The van der Waals surface area contributed by atoms with Gasteiger partial charge in [-0.25, -0.2) is 17.2 Å². The highest BCUT2D eigenvalue weighted by atomic mass is 32.2. The van der Waals surface area contributed by atoms with Gasteiger partial charge in [-0.15, -0.1) is 0 Å². The number of carbonyl (C=O) groups is 1. The molecule has 1 fully saturated rings. The summed E-state index contributed by atoms with van der Waals surface area (Å²) in [6.07, 6.45) is 0. The Kier molecular flexibility index (Phi) is 5.81.